The molecule has 2 unspecified atom stereocenters. The fraction of sp³-hybridized carbons (Fsp3) is 0.417. The summed E-state index contributed by atoms with van der Waals surface area (Å²) in [5.74, 6) is -0.962. The van der Waals surface area contributed by atoms with Gasteiger partial charge in [0.05, 0.1) is 18.3 Å². The van der Waals surface area contributed by atoms with Gasteiger partial charge in [-0.2, -0.15) is 4.68 Å². The number of hydrogen-bond acceptors (Lipinski definition) is 6. The number of nitrogens with one attached hydrogen (secondary N) is 2. The summed E-state index contributed by atoms with van der Waals surface area (Å²) in [4.78, 5) is 54.7. The first-order valence-corrected chi connectivity index (χ1v) is 20.9. The average Bonchev–Trinajstić information content (AvgIpc) is 3.45. The molecular weight excluding hydrogens is 762 g/mol. The van der Waals surface area contributed by atoms with Crippen LogP contribution in [-0.4, -0.2) is 38.3 Å². The molecule has 0 saturated carbocycles. The summed E-state index contributed by atoms with van der Waals surface area (Å²) in [6, 6.07) is 31.2. The number of rotatable bonds is 17. The first-order chi connectivity index (χ1) is 27.7. The van der Waals surface area contributed by atoms with E-state index in [2.05, 4.69) is 77.3 Å². The summed E-state index contributed by atoms with van der Waals surface area (Å²) in [5.41, 5.74) is 1.54. The van der Waals surface area contributed by atoms with Crippen molar-refractivity contribution in [2.24, 2.45) is 5.41 Å². The second-order valence-corrected chi connectivity index (χ2v) is 18.2. The molecular formula is C48H60ClN5O5. The number of alkyl halides is 1. The largest absolute Gasteiger partial charge is 0.490 e. The summed E-state index contributed by atoms with van der Waals surface area (Å²) in [7, 11) is 0. The number of hydrogen-bond donors (Lipinski definition) is 2. The van der Waals surface area contributed by atoms with E-state index in [9.17, 15) is 19.2 Å². The number of para-hydroxylation sites is 1. The number of aromatic nitrogens is 3. The van der Waals surface area contributed by atoms with E-state index < -0.39 is 33.5 Å². The molecule has 1 amide bonds. The van der Waals surface area contributed by atoms with Crippen LogP contribution in [0.15, 0.2) is 113 Å². The fourth-order valence-electron chi connectivity index (χ4n) is 6.85. The van der Waals surface area contributed by atoms with Crippen LogP contribution < -0.4 is 26.7 Å². The van der Waals surface area contributed by atoms with Gasteiger partial charge in [0, 0.05) is 35.3 Å². The van der Waals surface area contributed by atoms with Gasteiger partial charge >= 0.3 is 11.4 Å². The lowest BCUT2D eigenvalue weighted by Crippen LogP contribution is -2.58. The third-order valence-corrected chi connectivity index (χ3v) is 11.9. The standard InChI is InChI=1S/C48H60ClN5O5/c1-11-46(7,8)35-26-27-40(39(30-35)47(9,10)12-2)59-33(3)28-29-50-36-22-19-23-37(31-36)51-42(56)48(49,41(55)45(4,5)6)53-43(57)52(32-34-20-15-13-16-21-34)54(44(53)58)38-24-17-14-18-25-38/h13-27,30-31,33,50H,11-12,28-29,32H2,1-10H3,(H,51,56). The lowest BCUT2D eigenvalue weighted by Gasteiger charge is -2.31. The summed E-state index contributed by atoms with van der Waals surface area (Å²) < 4.78 is 9.48. The van der Waals surface area contributed by atoms with Gasteiger partial charge in [-0.1, -0.05) is 141 Å². The van der Waals surface area contributed by atoms with E-state index in [0.29, 0.717) is 34.6 Å². The number of benzene rings is 4. The maximum absolute atomic E-state index is 14.4. The Bertz CT molecular complexity index is 2370. The highest BCUT2D eigenvalue weighted by Crippen LogP contribution is 2.39. The van der Waals surface area contributed by atoms with Gasteiger partial charge < -0.3 is 15.4 Å². The first kappa shape index (κ1) is 44.7. The van der Waals surface area contributed by atoms with Crippen LogP contribution >= 0.6 is 11.6 Å². The molecule has 5 aromatic rings. The molecule has 0 radical (unpaired) electrons. The Labute approximate surface area is 353 Å². The Morgan fingerprint density at radius 2 is 1.36 bits per heavy atom. The highest BCUT2D eigenvalue weighted by molar-refractivity contribution is 6.45. The molecule has 1 aromatic heterocycles. The number of amides is 1. The monoisotopic (exact) mass is 821 g/mol. The smallest absolute Gasteiger partial charge is 0.354 e. The second-order valence-electron chi connectivity index (χ2n) is 17.7. The molecule has 2 N–H and O–H groups in total. The first-order valence-electron chi connectivity index (χ1n) is 20.5. The van der Waals surface area contributed by atoms with E-state index in [4.69, 9.17) is 16.3 Å². The van der Waals surface area contributed by atoms with Crippen molar-refractivity contribution in [3.05, 3.63) is 141 Å². The Morgan fingerprint density at radius 3 is 1.97 bits per heavy atom. The van der Waals surface area contributed by atoms with Gasteiger partial charge in [0.1, 0.15) is 5.75 Å². The lowest BCUT2D eigenvalue weighted by atomic mass is 9.76. The van der Waals surface area contributed by atoms with Crippen molar-refractivity contribution in [1.82, 2.24) is 13.9 Å². The van der Waals surface area contributed by atoms with Gasteiger partial charge in [-0.15, -0.1) is 0 Å². The lowest BCUT2D eigenvalue weighted by molar-refractivity contribution is -0.138. The number of Topliss-reactive ketones (excluding diaryl/α,β-unsaturated/α-hetero) is 1. The Balaban J connectivity index is 1.39. The van der Waals surface area contributed by atoms with Gasteiger partial charge in [-0.3, -0.25) is 9.59 Å². The summed E-state index contributed by atoms with van der Waals surface area (Å²) >= 11 is 7.14. The van der Waals surface area contributed by atoms with Crippen molar-refractivity contribution in [3.63, 3.8) is 0 Å². The molecule has 4 aromatic carbocycles. The number of carbonyl (C=O) groups excluding carboxylic acids is 2. The Morgan fingerprint density at radius 1 is 0.746 bits per heavy atom. The molecule has 10 nitrogen and oxygen atoms in total. The Kier molecular flexibility index (Phi) is 13.6. The van der Waals surface area contributed by atoms with Gasteiger partial charge in [-0.25, -0.2) is 18.8 Å². The number of halogens is 1. The minimum atomic E-state index is -2.74. The molecule has 11 heteroatoms. The van der Waals surface area contributed by atoms with Crippen LogP contribution in [0.25, 0.3) is 5.69 Å². The molecule has 59 heavy (non-hydrogen) atoms. The van der Waals surface area contributed by atoms with E-state index >= 15 is 0 Å². The number of anilines is 2. The number of ether oxygens (including phenoxy) is 1. The van der Waals surface area contributed by atoms with Crippen molar-refractivity contribution in [2.45, 2.75) is 117 Å². The van der Waals surface area contributed by atoms with Crippen LogP contribution in [0.2, 0.25) is 0 Å². The summed E-state index contributed by atoms with van der Waals surface area (Å²) in [6.07, 6.45) is 2.59. The molecule has 1 heterocycles. The van der Waals surface area contributed by atoms with Crippen LogP contribution in [0.3, 0.4) is 0 Å². The molecule has 0 bridgehead atoms. The zero-order chi connectivity index (χ0) is 43.3. The third-order valence-electron chi connectivity index (χ3n) is 11.4. The molecule has 0 aliphatic rings. The highest BCUT2D eigenvalue weighted by Gasteiger charge is 2.53. The quantitative estimate of drug-likeness (QED) is 0.0713. The molecule has 0 spiro atoms. The molecule has 0 saturated heterocycles. The average molecular weight is 822 g/mol. The zero-order valence-corrected chi connectivity index (χ0v) is 36.9. The molecule has 5 rings (SSSR count). The van der Waals surface area contributed by atoms with Crippen LogP contribution in [0.4, 0.5) is 11.4 Å². The van der Waals surface area contributed by atoms with E-state index in [-0.39, 0.29) is 23.5 Å². The fourth-order valence-corrected chi connectivity index (χ4v) is 7.33. The van der Waals surface area contributed by atoms with E-state index in [1.165, 1.54) is 15.8 Å². The van der Waals surface area contributed by atoms with Crippen molar-refractivity contribution < 1.29 is 14.3 Å². The Hall–Kier alpha value is -5.35. The van der Waals surface area contributed by atoms with Gasteiger partial charge in [-0.05, 0) is 78.1 Å². The van der Waals surface area contributed by atoms with Crippen LogP contribution in [-0.2, 0) is 32.0 Å². The summed E-state index contributed by atoms with van der Waals surface area (Å²) in [5, 5.41) is 6.16. The maximum Gasteiger partial charge on any atom is 0.354 e. The third kappa shape index (κ3) is 9.76. The van der Waals surface area contributed by atoms with Gasteiger partial charge in [0.25, 0.3) is 10.9 Å². The number of nitrogens with zero attached hydrogens (tertiary/aromatic N) is 3. The molecule has 0 aliphatic heterocycles. The second kappa shape index (κ2) is 17.9. The highest BCUT2D eigenvalue weighted by atomic mass is 35.5. The normalized spacial score (nSPS) is 13.7. The minimum Gasteiger partial charge on any atom is -0.490 e. The summed E-state index contributed by atoms with van der Waals surface area (Å²) in [6.45, 7) is 20.8. The predicted molar refractivity (Wildman–Crippen MR) is 239 cm³/mol. The van der Waals surface area contributed by atoms with Crippen LogP contribution in [0, 0.1) is 5.41 Å². The van der Waals surface area contributed by atoms with Crippen LogP contribution in [0.5, 0.6) is 5.75 Å². The van der Waals surface area contributed by atoms with Crippen molar-refractivity contribution in [1.29, 1.82) is 0 Å². The van der Waals surface area contributed by atoms with Gasteiger partial charge in [0.15, 0.2) is 5.78 Å². The SMILES string of the molecule is CCC(C)(C)c1ccc(OC(C)CCNc2cccc(NC(=O)C(Cl)(C(=O)C(C)(C)C)n3c(=O)n(Cc4ccccc4)n(-c4ccccc4)c3=O)c2)c(C(C)(C)CC)c1. The number of ketones is 1. The van der Waals surface area contributed by atoms with E-state index in [1.807, 2.05) is 36.4 Å². The zero-order valence-electron chi connectivity index (χ0n) is 36.2. The molecule has 314 valence electrons. The van der Waals surface area contributed by atoms with Crippen molar-refractivity contribution in [2.75, 3.05) is 17.2 Å². The van der Waals surface area contributed by atoms with Crippen LogP contribution in [0.1, 0.15) is 105 Å². The van der Waals surface area contributed by atoms with E-state index in [0.717, 1.165) is 28.8 Å². The number of carbonyl (C=O) groups is 2. The molecule has 0 aliphatic carbocycles. The minimum absolute atomic E-state index is 0.0199. The topological polar surface area (TPSA) is 116 Å². The molecule has 2 atom stereocenters. The van der Waals surface area contributed by atoms with Crippen molar-refractivity contribution >= 4 is 34.7 Å². The van der Waals surface area contributed by atoms with E-state index in [1.54, 1.807) is 69.3 Å². The van der Waals surface area contributed by atoms with Gasteiger partial charge in [0.2, 0.25) is 0 Å². The van der Waals surface area contributed by atoms with Crippen molar-refractivity contribution in [3.8, 4) is 11.4 Å². The maximum atomic E-state index is 14.4. The predicted octanol–water partition coefficient (Wildman–Crippen LogP) is 9.64. The molecule has 0 fully saturated rings.